The number of rotatable bonds is 3. The molecule has 9 nitrogen and oxygen atoms in total. The summed E-state index contributed by atoms with van der Waals surface area (Å²) >= 11 is 0. The van der Waals surface area contributed by atoms with Gasteiger partial charge in [-0.1, -0.05) is 0 Å². The van der Waals surface area contributed by atoms with Crippen LogP contribution < -0.4 is 11.2 Å². The summed E-state index contributed by atoms with van der Waals surface area (Å²) in [4.78, 5) is 19.4. The Morgan fingerprint density at radius 2 is 2.33 bits per heavy atom. The Morgan fingerprint density at radius 3 is 2.75 bits per heavy atom. The standard InChI is InChI=1S/C3H5N5O4/c4-3(7-8(11)12)6-5-1-2(9)10/h1H,(H,9,10)(H3,4,6,7). The second kappa shape index (κ2) is 4.60. The zero-order chi connectivity index (χ0) is 9.56. The lowest BCUT2D eigenvalue weighted by atomic mass is 10.8. The van der Waals surface area contributed by atoms with Crippen molar-refractivity contribution >= 4 is 18.1 Å². The fourth-order valence-corrected chi connectivity index (χ4v) is 0.264. The molecule has 0 aromatic heterocycles. The van der Waals surface area contributed by atoms with Crippen molar-refractivity contribution in [3.8, 4) is 0 Å². The number of nitrogens with one attached hydrogen (secondary N) is 1. The maximum Gasteiger partial charge on any atom is 0.348 e. The Bertz CT molecular complexity index is 245. The fraction of sp³-hybridized carbons (Fsp3) is 0. The molecule has 0 aliphatic rings. The smallest absolute Gasteiger partial charge is 0.348 e. The van der Waals surface area contributed by atoms with Gasteiger partial charge in [-0.15, -0.1) is 0 Å². The number of carbonyl (C=O) groups is 1. The molecule has 0 aromatic rings. The van der Waals surface area contributed by atoms with E-state index in [0.29, 0.717) is 6.21 Å². The number of aliphatic carboxylic acids is 1. The van der Waals surface area contributed by atoms with Crippen LogP contribution in [-0.2, 0) is 4.79 Å². The number of nitrogens with zero attached hydrogens (tertiary/aromatic N) is 3. The highest BCUT2D eigenvalue weighted by Crippen LogP contribution is 1.68. The van der Waals surface area contributed by atoms with Crippen LogP contribution in [0.15, 0.2) is 10.2 Å². The van der Waals surface area contributed by atoms with Crippen molar-refractivity contribution in [2.24, 2.45) is 15.9 Å². The molecule has 4 N–H and O–H groups in total. The Hall–Kier alpha value is -2.19. The van der Waals surface area contributed by atoms with Gasteiger partial charge in [0.25, 0.3) is 5.96 Å². The van der Waals surface area contributed by atoms with Crippen LogP contribution in [0.5, 0.6) is 0 Å². The molecular formula is C3H5N5O4. The molecule has 9 heteroatoms. The molecule has 0 saturated carbocycles. The second-order valence-corrected chi connectivity index (χ2v) is 1.43. The lowest BCUT2D eigenvalue weighted by Gasteiger charge is -1.90. The molecule has 66 valence electrons. The summed E-state index contributed by atoms with van der Waals surface area (Å²) < 4.78 is 0. The van der Waals surface area contributed by atoms with Crippen LogP contribution in [0, 0.1) is 10.1 Å². The average molecular weight is 175 g/mol. The number of nitro groups is 1. The number of nitrogens with two attached hydrogens (primary N) is 1. The summed E-state index contributed by atoms with van der Waals surface area (Å²) in [5.74, 6) is -1.91. The molecule has 0 fully saturated rings. The highest BCUT2D eigenvalue weighted by molar-refractivity contribution is 6.22. The molecule has 0 bridgehead atoms. The van der Waals surface area contributed by atoms with Crippen LogP contribution in [0.3, 0.4) is 0 Å². The Labute approximate surface area is 65.7 Å². The molecule has 0 unspecified atom stereocenters. The van der Waals surface area contributed by atoms with E-state index in [1.807, 2.05) is 5.43 Å². The maximum atomic E-state index is 9.80. The Morgan fingerprint density at radius 1 is 1.75 bits per heavy atom. The van der Waals surface area contributed by atoms with Gasteiger partial charge in [0.15, 0.2) is 5.03 Å². The molecule has 12 heavy (non-hydrogen) atoms. The van der Waals surface area contributed by atoms with Crippen molar-refractivity contribution in [2.45, 2.75) is 0 Å². The molecular weight excluding hydrogens is 170 g/mol. The summed E-state index contributed by atoms with van der Waals surface area (Å²) in [6.07, 6.45) is 0.475. The minimum atomic E-state index is -1.31. The lowest BCUT2D eigenvalue weighted by molar-refractivity contribution is -0.485. The van der Waals surface area contributed by atoms with Gasteiger partial charge >= 0.3 is 5.97 Å². The monoisotopic (exact) mass is 175 g/mol. The zero-order valence-electron chi connectivity index (χ0n) is 5.67. The average Bonchev–Trinajstić information content (AvgIpc) is 1.84. The van der Waals surface area contributed by atoms with E-state index in [4.69, 9.17) is 10.8 Å². The molecule has 0 heterocycles. The van der Waals surface area contributed by atoms with Crippen molar-refractivity contribution in [2.75, 3.05) is 0 Å². The van der Waals surface area contributed by atoms with E-state index >= 15 is 0 Å². The summed E-state index contributed by atoms with van der Waals surface area (Å²) in [6.45, 7) is 0. The van der Waals surface area contributed by atoms with Crippen molar-refractivity contribution in [3.05, 3.63) is 10.1 Å². The SMILES string of the molecule is NC(=N[N+](=O)[O-])NN=CC(=O)O. The maximum absolute atomic E-state index is 9.80. The van der Waals surface area contributed by atoms with Crippen molar-refractivity contribution in [1.29, 1.82) is 0 Å². The van der Waals surface area contributed by atoms with Crippen LogP contribution >= 0.6 is 0 Å². The third kappa shape index (κ3) is 5.94. The first-order valence-electron chi connectivity index (χ1n) is 2.53. The van der Waals surface area contributed by atoms with E-state index in [-0.39, 0.29) is 0 Å². The second-order valence-electron chi connectivity index (χ2n) is 1.43. The fourth-order valence-electron chi connectivity index (χ4n) is 0.264. The van der Waals surface area contributed by atoms with E-state index in [1.165, 1.54) is 0 Å². The van der Waals surface area contributed by atoms with Crippen molar-refractivity contribution < 1.29 is 14.9 Å². The Balaban J connectivity index is 3.94. The lowest BCUT2D eigenvalue weighted by Crippen LogP contribution is -2.28. The predicted octanol–water partition coefficient (Wildman–Crippen LogP) is -1.85. The first-order chi connectivity index (χ1) is 5.52. The number of guanidine groups is 1. The summed E-state index contributed by atoms with van der Waals surface area (Å²) in [5, 5.41) is 22.2. The number of hydrogen-bond donors (Lipinski definition) is 3. The largest absolute Gasteiger partial charge is 0.477 e. The molecule has 0 rings (SSSR count). The van der Waals surface area contributed by atoms with Gasteiger partial charge in [-0.2, -0.15) is 5.10 Å². The number of hydrogen-bond acceptors (Lipinski definition) is 4. The summed E-state index contributed by atoms with van der Waals surface area (Å²) in [7, 11) is 0. The minimum Gasteiger partial charge on any atom is -0.477 e. The van der Waals surface area contributed by atoms with Gasteiger partial charge < -0.3 is 10.8 Å². The number of carboxylic acid groups (broad SMARTS) is 1. The van der Waals surface area contributed by atoms with Crippen molar-refractivity contribution in [3.63, 3.8) is 0 Å². The molecule has 0 atom stereocenters. The van der Waals surface area contributed by atoms with Crippen LogP contribution in [0.4, 0.5) is 0 Å². The van der Waals surface area contributed by atoms with Gasteiger partial charge in [0.1, 0.15) is 11.3 Å². The van der Waals surface area contributed by atoms with Gasteiger partial charge in [-0.3, -0.25) is 0 Å². The molecule has 0 spiro atoms. The van der Waals surface area contributed by atoms with E-state index in [1.54, 1.807) is 0 Å². The normalized spacial score (nSPS) is 11.5. The molecule has 0 radical (unpaired) electrons. The van der Waals surface area contributed by atoms with E-state index < -0.39 is 17.0 Å². The first-order valence-corrected chi connectivity index (χ1v) is 2.53. The summed E-state index contributed by atoms with van der Waals surface area (Å²) in [5.41, 5.74) is 6.67. The highest BCUT2D eigenvalue weighted by atomic mass is 16.7. The van der Waals surface area contributed by atoms with Gasteiger partial charge in [0.2, 0.25) is 0 Å². The molecule has 0 aromatic carbocycles. The van der Waals surface area contributed by atoms with Crippen LogP contribution in [0.1, 0.15) is 0 Å². The topological polar surface area (TPSA) is 143 Å². The van der Waals surface area contributed by atoms with Crippen LogP contribution in [0.2, 0.25) is 0 Å². The minimum absolute atomic E-state index is 0.475. The molecule has 0 saturated heterocycles. The first kappa shape index (κ1) is 9.81. The van der Waals surface area contributed by atoms with Crippen LogP contribution in [-0.4, -0.2) is 28.3 Å². The number of hydrazone groups is 2. The predicted molar refractivity (Wildman–Crippen MR) is 37.9 cm³/mol. The number of carboxylic acids is 1. The Kier molecular flexibility index (Phi) is 3.76. The van der Waals surface area contributed by atoms with Crippen LogP contribution in [0.25, 0.3) is 0 Å². The van der Waals surface area contributed by atoms with Gasteiger partial charge in [0, 0.05) is 0 Å². The van der Waals surface area contributed by atoms with Gasteiger partial charge in [-0.25, -0.2) is 20.3 Å². The quantitative estimate of drug-likeness (QED) is 0.199. The van der Waals surface area contributed by atoms with E-state index in [9.17, 15) is 14.9 Å². The molecule has 0 aliphatic heterocycles. The summed E-state index contributed by atoms with van der Waals surface area (Å²) in [6, 6.07) is 0. The third-order valence-electron chi connectivity index (χ3n) is 0.543. The van der Waals surface area contributed by atoms with Crippen molar-refractivity contribution in [1.82, 2.24) is 5.43 Å². The van der Waals surface area contributed by atoms with Gasteiger partial charge in [-0.05, 0) is 0 Å². The third-order valence-corrected chi connectivity index (χ3v) is 0.543. The van der Waals surface area contributed by atoms with E-state index in [0.717, 1.165) is 0 Å². The van der Waals surface area contributed by atoms with E-state index in [2.05, 4.69) is 10.2 Å². The zero-order valence-corrected chi connectivity index (χ0v) is 5.67. The highest BCUT2D eigenvalue weighted by Gasteiger charge is 1.95. The molecule has 0 amide bonds. The van der Waals surface area contributed by atoms with Gasteiger partial charge in [0.05, 0.1) is 0 Å². The molecule has 0 aliphatic carbocycles.